The molecule has 0 aromatic carbocycles. The average molecular weight is 242 g/mol. The maximum atomic E-state index is 11.1. The highest BCUT2D eigenvalue weighted by Crippen LogP contribution is 2.12. The Balaban J connectivity index is 2.35. The van der Waals surface area contributed by atoms with Gasteiger partial charge in [-0.1, -0.05) is 6.92 Å². The Kier molecular flexibility index (Phi) is 6.47. The molecule has 3 N–H and O–H groups in total. The summed E-state index contributed by atoms with van der Waals surface area (Å²) in [5.41, 5.74) is 2.18. The third kappa shape index (κ3) is 5.02. The minimum Gasteiger partial charge on any atom is -0.305 e. The number of nitrogens with one attached hydrogen (secondary N) is 1. The van der Waals surface area contributed by atoms with Gasteiger partial charge < -0.3 is 4.90 Å². The van der Waals surface area contributed by atoms with Gasteiger partial charge in [0.1, 0.15) is 0 Å². The maximum Gasteiger partial charge on any atom is 0.233 e. The quantitative estimate of drug-likeness (QED) is 0.410. The molecule has 1 fully saturated rings. The van der Waals surface area contributed by atoms with Crippen LogP contribution in [-0.4, -0.2) is 55.0 Å². The van der Waals surface area contributed by atoms with Gasteiger partial charge in [0.25, 0.3) is 0 Å². The SMILES string of the molecule is CCC1CN(C)CCCN1CCCC(=O)NN. The van der Waals surface area contributed by atoms with Crippen LogP contribution in [-0.2, 0) is 4.79 Å². The molecule has 0 bridgehead atoms. The second-order valence-corrected chi connectivity index (χ2v) is 4.88. The van der Waals surface area contributed by atoms with Crippen LogP contribution in [0.25, 0.3) is 0 Å². The number of likely N-dealkylation sites (N-methyl/N-ethyl adjacent to an activating group) is 1. The number of hydrazine groups is 1. The molecule has 0 radical (unpaired) electrons. The van der Waals surface area contributed by atoms with Crippen LogP contribution in [0.15, 0.2) is 0 Å². The van der Waals surface area contributed by atoms with Gasteiger partial charge in [-0.3, -0.25) is 15.1 Å². The number of hydrogen-bond acceptors (Lipinski definition) is 4. The van der Waals surface area contributed by atoms with Gasteiger partial charge in [0.15, 0.2) is 0 Å². The van der Waals surface area contributed by atoms with E-state index in [2.05, 4.69) is 29.2 Å². The van der Waals surface area contributed by atoms with Gasteiger partial charge >= 0.3 is 0 Å². The highest BCUT2D eigenvalue weighted by Gasteiger charge is 2.21. The van der Waals surface area contributed by atoms with Crippen LogP contribution in [0.3, 0.4) is 0 Å². The van der Waals surface area contributed by atoms with Crippen molar-refractivity contribution in [2.24, 2.45) is 5.84 Å². The van der Waals surface area contributed by atoms with Crippen molar-refractivity contribution < 1.29 is 4.79 Å². The average Bonchev–Trinajstić information content (AvgIpc) is 2.50. The number of carbonyl (C=O) groups is 1. The molecular weight excluding hydrogens is 216 g/mol. The lowest BCUT2D eigenvalue weighted by molar-refractivity contribution is -0.121. The summed E-state index contributed by atoms with van der Waals surface area (Å²) in [5.74, 6) is 5.00. The van der Waals surface area contributed by atoms with Crippen molar-refractivity contribution in [3.63, 3.8) is 0 Å². The minimum atomic E-state index is -0.0648. The molecule has 0 spiro atoms. The molecule has 5 nitrogen and oxygen atoms in total. The normalized spacial score (nSPS) is 23.4. The summed E-state index contributed by atoms with van der Waals surface area (Å²) >= 11 is 0. The van der Waals surface area contributed by atoms with E-state index in [0.29, 0.717) is 12.5 Å². The molecule has 1 aliphatic heterocycles. The molecular formula is C12H26N4O. The van der Waals surface area contributed by atoms with Gasteiger partial charge in [-0.25, -0.2) is 5.84 Å². The maximum absolute atomic E-state index is 11.1. The Morgan fingerprint density at radius 3 is 2.88 bits per heavy atom. The van der Waals surface area contributed by atoms with Crippen LogP contribution in [0.4, 0.5) is 0 Å². The third-order valence-electron chi connectivity index (χ3n) is 3.51. The van der Waals surface area contributed by atoms with E-state index in [0.717, 1.165) is 26.1 Å². The van der Waals surface area contributed by atoms with Crippen molar-refractivity contribution in [1.29, 1.82) is 0 Å². The van der Waals surface area contributed by atoms with E-state index >= 15 is 0 Å². The number of nitrogens with two attached hydrogens (primary N) is 1. The Morgan fingerprint density at radius 2 is 2.24 bits per heavy atom. The van der Waals surface area contributed by atoms with Crippen LogP contribution in [0.5, 0.6) is 0 Å². The fourth-order valence-corrected chi connectivity index (χ4v) is 2.49. The lowest BCUT2D eigenvalue weighted by Gasteiger charge is -2.30. The van der Waals surface area contributed by atoms with Crippen LogP contribution >= 0.6 is 0 Å². The molecule has 1 atom stereocenters. The molecule has 17 heavy (non-hydrogen) atoms. The van der Waals surface area contributed by atoms with Crippen LogP contribution in [0, 0.1) is 0 Å². The van der Waals surface area contributed by atoms with E-state index in [4.69, 9.17) is 5.84 Å². The zero-order chi connectivity index (χ0) is 12.7. The van der Waals surface area contributed by atoms with E-state index in [-0.39, 0.29) is 5.91 Å². The molecule has 1 aliphatic rings. The summed E-state index contributed by atoms with van der Waals surface area (Å²) in [6.45, 7) is 6.70. The first kappa shape index (κ1) is 14.4. The Morgan fingerprint density at radius 1 is 1.47 bits per heavy atom. The number of amides is 1. The Bertz CT molecular complexity index is 235. The molecule has 0 saturated carbocycles. The first-order valence-corrected chi connectivity index (χ1v) is 6.59. The third-order valence-corrected chi connectivity index (χ3v) is 3.51. The largest absolute Gasteiger partial charge is 0.305 e. The lowest BCUT2D eigenvalue weighted by Crippen LogP contribution is -2.40. The van der Waals surface area contributed by atoms with E-state index in [1.807, 2.05) is 0 Å². The van der Waals surface area contributed by atoms with Gasteiger partial charge in [-0.2, -0.15) is 0 Å². The van der Waals surface area contributed by atoms with Crippen molar-refractivity contribution >= 4 is 5.91 Å². The number of nitrogens with zero attached hydrogens (tertiary/aromatic N) is 2. The smallest absolute Gasteiger partial charge is 0.233 e. The molecule has 0 aromatic heterocycles. The van der Waals surface area contributed by atoms with Crippen LogP contribution in [0.1, 0.15) is 32.6 Å². The zero-order valence-electron chi connectivity index (χ0n) is 11.1. The molecule has 0 aromatic rings. The van der Waals surface area contributed by atoms with Gasteiger partial charge in [-0.15, -0.1) is 0 Å². The highest BCUT2D eigenvalue weighted by atomic mass is 16.2. The van der Waals surface area contributed by atoms with Gasteiger partial charge in [0.05, 0.1) is 0 Å². The Hall–Kier alpha value is -0.650. The predicted octanol–water partition coefficient (Wildman–Crippen LogP) is 0.173. The van der Waals surface area contributed by atoms with Crippen molar-refractivity contribution in [1.82, 2.24) is 15.2 Å². The number of rotatable bonds is 5. The van der Waals surface area contributed by atoms with Gasteiger partial charge in [0.2, 0.25) is 5.91 Å². The summed E-state index contributed by atoms with van der Waals surface area (Å²) in [5, 5.41) is 0. The second kappa shape index (κ2) is 7.63. The predicted molar refractivity (Wildman–Crippen MR) is 69.3 cm³/mol. The second-order valence-electron chi connectivity index (χ2n) is 4.88. The highest BCUT2D eigenvalue weighted by molar-refractivity contribution is 5.75. The standard InChI is InChI=1S/C12H26N4O/c1-3-11-10-15(2)7-5-9-16(11)8-4-6-12(17)14-13/h11H,3-10,13H2,1-2H3,(H,14,17). The molecule has 1 amide bonds. The summed E-state index contributed by atoms with van der Waals surface area (Å²) in [7, 11) is 2.19. The summed E-state index contributed by atoms with van der Waals surface area (Å²) in [6.07, 6.45) is 3.81. The monoisotopic (exact) mass is 242 g/mol. The van der Waals surface area contributed by atoms with Crippen molar-refractivity contribution in [3.05, 3.63) is 0 Å². The van der Waals surface area contributed by atoms with E-state index in [9.17, 15) is 4.79 Å². The Labute approximate surface area is 104 Å². The fraction of sp³-hybridized carbons (Fsp3) is 0.917. The summed E-state index contributed by atoms with van der Waals surface area (Å²) in [6, 6.07) is 0.628. The molecule has 1 unspecified atom stereocenters. The molecule has 1 rings (SSSR count). The molecule has 100 valence electrons. The van der Waals surface area contributed by atoms with Crippen LogP contribution in [0.2, 0.25) is 0 Å². The van der Waals surface area contributed by atoms with Gasteiger partial charge in [0, 0.05) is 19.0 Å². The number of carbonyl (C=O) groups excluding carboxylic acids is 1. The molecule has 0 aliphatic carbocycles. The molecule has 1 heterocycles. The van der Waals surface area contributed by atoms with E-state index in [1.165, 1.54) is 19.4 Å². The molecule has 5 heteroatoms. The van der Waals surface area contributed by atoms with Gasteiger partial charge in [-0.05, 0) is 45.9 Å². The molecule has 1 saturated heterocycles. The minimum absolute atomic E-state index is 0.0648. The number of hydrogen-bond donors (Lipinski definition) is 2. The first-order valence-electron chi connectivity index (χ1n) is 6.59. The first-order chi connectivity index (χ1) is 8.17. The van der Waals surface area contributed by atoms with Crippen molar-refractivity contribution in [2.45, 2.75) is 38.6 Å². The summed E-state index contributed by atoms with van der Waals surface area (Å²) < 4.78 is 0. The summed E-state index contributed by atoms with van der Waals surface area (Å²) in [4.78, 5) is 16.0. The fourth-order valence-electron chi connectivity index (χ4n) is 2.49. The lowest BCUT2D eigenvalue weighted by atomic mass is 10.1. The van der Waals surface area contributed by atoms with E-state index < -0.39 is 0 Å². The van der Waals surface area contributed by atoms with Crippen molar-refractivity contribution in [2.75, 3.05) is 33.2 Å². The van der Waals surface area contributed by atoms with E-state index in [1.54, 1.807) is 0 Å². The van der Waals surface area contributed by atoms with Crippen LogP contribution < -0.4 is 11.3 Å². The zero-order valence-corrected chi connectivity index (χ0v) is 11.1. The van der Waals surface area contributed by atoms with Crippen molar-refractivity contribution in [3.8, 4) is 0 Å². The topological polar surface area (TPSA) is 61.6 Å².